The highest BCUT2D eigenvalue weighted by Gasteiger charge is 2.07. The Bertz CT molecular complexity index is 573. The van der Waals surface area contributed by atoms with Crippen molar-refractivity contribution >= 4 is 23.4 Å². The Kier molecular flexibility index (Phi) is 5.12. The number of hydrogen-bond donors (Lipinski definition) is 2. The maximum absolute atomic E-state index is 6.10. The second kappa shape index (κ2) is 7.05. The lowest BCUT2D eigenvalue weighted by molar-refractivity contribution is 0.960. The summed E-state index contributed by atoms with van der Waals surface area (Å²) in [6, 6.07) is 4.03. The molecule has 0 saturated heterocycles. The number of anilines is 2. The zero-order valence-corrected chi connectivity index (χ0v) is 12.4. The van der Waals surface area contributed by atoms with E-state index in [9.17, 15) is 0 Å². The quantitative estimate of drug-likeness (QED) is 0.856. The van der Waals surface area contributed by atoms with Gasteiger partial charge in [-0.05, 0) is 25.0 Å². The molecule has 2 aromatic rings. The van der Waals surface area contributed by atoms with Crippen molar-refractivity contribution in [1.82, 2.24) is 15.0 Å². The van der Waals surface area contributed by atoms with Gasteiger partial charge in [-0.3, -0.25) is 4.98 Å². The number of aromatic nitrogens is 3. The lowest BCUT2D eigenvalue weighted by Crippen LogP contribution is -2.09. The van der Waals surface area contributed by atoms with E-state index in [4.69, 9.17) is 11.6 Å². The molecule has 0 aliphatic carbocycles. The van der Waals surface area contributed by atoms with E-state index < -0.39 is 0 Å². The Morgan fingerprint density at radius 2 is 2.05 bits per heavy atom. The normalized spacial score (nSPS) is 10.3. The molecule has 2 heterocycles. The lowest BCUT2D eigenvalue weighted by Gasteiger charge is -2.11. The summed E-state index contributed by atoms with van der Waals surface area (Å²) in [4.78, 5) is 12.8. The van der Waals surface area contributed by atoms with Gasteiger partial charge in [0.25, 0.3) is 0 Å². The van der Waals surface area contributed by atoms with E-state index >= 15 is 0 Å². The van der Waals surface area contributed by atoms with Crippen LogP contribution in [0.4, 0.5) is 11.8 Å². The third kappa shape index (κ3) is 3.57. The number of aryl methyl sites for hydroxylation is 1. The first-order valence-corrected chi connectivity index (χ1v) is 7.05. The molecule has 0 aliphatic rings. The molecule has 6 heteroatoms. The van der Waals surface area contributed by atoms with Gasteiger partial charge in [0.2, 0.25) is 5.95 Å². The largest absolute Gasteiger partial charge is 0.363 e. The zero-order valence-electron chi connectivity index (χ0n) is 11.7. The van der Waals surface area contributed by atoms with Gasteiger partial charge in [0.1, 0.15) is 5.02 Å². The van der Waals surface area contributed by atoms with Crippen LogP contribution in [0.1, 0.15) is 25.1 Å². The fourth-order valence-electron chi connectivity index (χ4n) is 1.85. The average molecular weight is 292 g/mol. The van der Waals surface area contributed by atoms with E-state index in [1.165, 1.54) is 5.56 Å². The molecule has 0 amide bonds. The molecule has 5 nitrogen and oxygen atoms in total. The van der Waals surface area contributed by atoms with Crippen LogP contribution >= 0.6 is 11.6 Å². The van der Waals surface area contributed by atoms with E-state index in [2.05, 4.69) is 38.6 Å². The van der Waals surface area contributed by atoms with Crippen LogP contribution in [0.25, 0.3) is 0 Å². The third-order valence-corrected chi connectivity index (χ3v) is 3.14. The first-order valence-electron chi connectivity index (χ1n) is 6.67. The van der Waals surface area contributed by atoms with Gasteiger partial charge >= 0.3 is 0 Å². The number of nitrogens with zero attached hydrogens (tertiary/aromatic N) is 3. The fourth-order valence-corrected chi connectivity index (χ4v) is 2.01. The van der Waals surface area contributed by atoms with Gasteiger partial charge in [0.05, 0.1) is 18.4 Å². The van der Waals surface area contributed by atoms with Crippen molar-refractivity contribution in [3.8, 4) is 0 Å². The molecule has 0 unspecified atom stereocenters. The summed E-state index contributed by atoms with van der Waals surface area (Å²) in [7, 11) is 0. The minimum absolute atomic E-state index is 0.501. The van der Waals surface area contributed by atoms with Gasteiger partial charge in [-0.2, -0.15) is 4.98 Å². The Balaban J connectivity index is 2.12. The van der Waals surface area contributed by atoms with Crippen molar-refractivity contribution in [2.24, 2.45) is 0 Å². The molecular weight excluding hydrogens is 274 g/mol. The van der Waals surface area contributed by atoms with Crippen molar-refractivity contribution in [2.75, 3.05) is 17.2 Å². The van der Waals surface area contributed by atoms with Gasteiger partial charge in [-0.25, -0.2) is 4.98 Å². The molecule has 2 rings (SSSR count). The second-order valence-electron chi connectivity index (χ2n) is 4.24. The minimum atomic E-state index is 0.501. The topological polar surface area (TPSA) is 62.7 Å². The molecule has 0 atom stereocenters. The predicted octanol–water partition coefficient (Wildman–Crippen LogP) is 3.13. The van der Waals surface area contributed by atoms with Gasteiger partial charge in [0.15, 0.2) is 5.82 Å². The summed E-state index contributed by atoms with van der Waals surface area (Å²) < 4.78 is 0. The Labute approximate surface area is 123 Å². The second-order valence-corrected chi connectivity index (χ2v) is 4.64. The van der Waals surface area contributed by atoms with Crippen LogP contribution in [0.2, 0.25) is 5.02 Å². The minimum Gasteiger partial charge on any atom is -0.363 e. The van der Waals surface area contributed by atoms with Crippen LogP contribution in [0.3, 0.4) is 0 Å². The van der Waals surface area contributed by atoms with E-state index in [-0.39, 0.29) is 0 Å². The van der Waals surface area contributed by atoms with Crippen molar-refractivity contribution in [3.05, 3.63) is 40.8 Å². The van der Waals surface area contributed by atoms with Crippen molar-refractivity contribution < 1.29 is 0 Å². The maximum atomic E-state index is 6.10. The van der Waals surface area contributed by atoms with Crippen LogP contribution in [0.15, 0.2) is 24.5 Å². The Hall–Kier alpha value is -1.88. The summed E-state index contributed by atoms with van der Waals surface area (Å²) in [5.74, 6) is 1.18. The molecule has 106 valence electrons. The highest BCUT2D eigenvalue weighted by atomic mass is 35.5. The SMILES string of the molecule is CCNc1ncc(Cl)c(NCc2ncccc2CC)n1. The number of hydrogen-bond acceptors (Lipinski definition) is 5. The highest BCUT2D eigenvalue weighted by molar-refractivity contribution is 6.32. The van der Waals surface area contributed by atoms with Gasteiger partial charge in [-0.1, -0.05) is 24.6 Å². The van der Waals surface area contributed by atoms with Crippen LogP contribution < -0.4 is 10.6 Å². The molecular formula is C14H18ClN5. The molecule has 0 spiro atoms. The van der Waals surface area contributed by atoms with Gasteiger partial charge in [-0.15, -0.1) is 0 Å². The molecule has 2 N–H and O–H groups in total. The summed E-state index contributed by atoms with van der Waals surface area (Å²) in [5.41, 5.74) is 2.23. The highest BCUT2D eigenvalue weighted by Crippen LogP contribution is 2.20. The van der Waals surface area contributed by atoms with Crippen molar-refractivity contribution in [2.45, 2.75) is 26.8 Å². The number of rotatable bonds is 6. The first-order chi connectivity index (χ1) is 9.74. The average Bonchev–Trinajstić information content (AvgIpc) is 2.48. The van der Waals surface area contributed by atoms with Crippen LogP contribution in [0.5, 0.6) is 0 Å². The van der Waals surface area contributed by atoms with Crippen molar-refractivity contribution in [1.29, 1.82) is 0 Å². The Morgan fingerprint density at radius 1 is 1.20 bits per heavy atom. The fraction of sp³-hybridized carbons (Fsp3) is 0.357. The number of nitrogens with one attached hydrogen (secondary N) is 2. The standard InChI is InChI=1S/C14H18ClN5/c1-3-10-6-5-7-17-12(10)9-18-13-11(15)8-19-14(20-13)16-4-2/h5-8H,3-4,9H2,1-2H3,(H2,16,18,19,20). The summed E-state index contributed by atoms with van der Waals surface area (Å²) in [6.45, 7) is 5.46. The Morgan fingerprint density at radius 3 is 2.80 bits per heavy atom. The lowest BCUT2D eigenvalue weighted by atomic mass is 10.1. The first kappa shape index (κ1) is 14.5. The maximum Gasteiger partial charge on any atom is 0.224 e. The van der Waals surface area contributed by atoms with E-state index in [0.29, 0.717) is 23.3 Å². The van der Waals surface area contributed by atoms with E-state index in [0.717, 1.165) is 18.7 Å². The zero-order chi connectivity index (χ0) is 14.4. The summed E-state index contributed by atoms with van der Waals surface area (Å²) in [5, 5.41) is 6.78. The smallest absolute Gasteiger partial charge is 0.224 e. The molecule has 0 fully saturated rings. The van der Waals surface area contributed by atoms with Gasteiger partial charge in [0, 0.05) is 12.7 Å². The van der Waals surface area contributed by atoms with E-state index in [1.54, 1.807) is 12.4 Å². The monoisotopic (exact) mass is 291 g/mol. The summed E-state index contributed by atoms with van der Waals surface area (Å²) in [6.07, 6.45) is 4.33. The van der Waals surface area contributed by atoms with Crippen molar-refractivity contribution in [3.63, 3.8) is 0 Å². The van der Waals surface area contributed by atoms with Crippen LogP contribution in [-0.4, -0.2) is 21.5 Å². The third-order valence-electron chi connectivity index (χ3n) is 2.87. The molecule has 0 aliphatic heterocycles. The van der Waals surface area contributed by atoms with Crippen LogP contribution in [-0.2, 0) is 13.0 Å². The molecule has 0 radical (unpaired) electrons. The number of pyridine rings is 1. The van der Waals surface area contributed by atoms with Crippen LogP contribution in [0, 0.1) is 0 Å². The molecule has 0 saturated carbocycles. The number of halogens is 1. The molecule has 2 aromatic heterocycles. The predicted molar refractivity (Wildman–Crippen MR) is 82.1 cm³/mol. The molecule has 0 aromatic carbocycles. The molecule has 20 heavy (non-hydrogen) atoms. The van der Waals surface area contributed by atoms with Gasteiger partial charge < -0.3 is 10.6 Å². The summed E-state index contributed by atoms with van der Waals surface area (Å²) >= 11 is 6.10. The molecule has 0 bridgehead atoms. The van der Waals surface area contributed by atoms with E-state index in [1.807, 2.05) is 13.0 Å².